The fourth-order valence-corrected chi connectivity index (χ4v) is 2.68. The van der Waals surface area contributed by atoms with Gasteiger partial charge in [-0.3, -0.25) is 9.78 Å². The van der Waals surface area contributed by atoms with Crippen LogP contribution in [0.2, 0.25) is 0 Å². The molecule has 0 spiro atoms. The first-order chi connectivity index (χ1) is 10.8. The van der Waals surface area contributed by atoms with E-state index in [-0.39, 0.29) is 11.8 Å². The van der Waals surface area contributed by atoms with Crippen molar-refractivity contribution in [3.05, 3.63) is 72.4 Å². The molecule has 22 heavy (non-hydrogen) atoms. The Kier molecular flexibility index (Phi) is 4.15. The van der Waals surface area contributed by atoms with Crippen LogP contribution in [-0.2, 0) is 4.79 Å². The largest absolute Gasteiger partial charge is 0.324 e. The van der Waals surface area contributed by atoms with E-state index in [9.17, 15) is 4.79 Å². The highest BCUT2D eigenvalue weighted by atomic mass is 16.1. The van der Waals surface area contributed by atoms with Crippen molar-refractivity contribution in [2.24, 2.45) is 0 Å². The summed E-state index contributed by atoms with van der Waals surface area (Å²) in [4.78, 5) is 17.0. The smallest absolute Gasteiger partial charge is 0.231 e. The van der Waals surface area contributed by atoms with Gasteiger partial charge < -0.3 is 5.32 Å². The maximum absolute atomic E-state index is 12.6. The number of rotatable bonds is 4. The minimum Gasteiger partial charge on any atom is -0.324 e. The van der Waals surface area contributed by atoms with Gasteiger partial charge in [-0.05, 0) is 24.1 Å². The summed E-state index contributed by atoms with van der Waals surface area (Å²) in [5.41, 5.74) is 2.62. The third-order valence-electron chi connectivity index (χ3n) is 3.82. The topological polar surface area (TPSA) is 42.0 Å². The van der Waals surface area contributed by atoms with Crippen molar-refractivity contribution < 1.29 is 4.79 Å². The van der Waals surface area contributed by atoms with Gasteiger partial charge in [-0.2, -0.15) is 0 Å². The van der Waals surface area contributed by atoms with E-state index in [0.29, 0.717) is 0 Å². The third kappa shape index (κ3) is 2.84. The van der Waals surface area contributed by atoms with Gasteiger partial charge in [0, 0.05) is 11.6 Å². The quantitative estimate of drug-likeness (QED) is 0.775. The monoisotopic (exact) mass is 290 g/mol. The van der Waals surface area contributed by atoms with Crippen LogP contribution >= 0.6 is 0 Å². The average molecular weight is 290 g/mol. The molecule has 0 fully saturated rings. The summed E-state index contributed by atoms with van der Waals surface area (Å²) in [6.07, 6.45) is 2.50. The minimum absolute atomic E-state index is 0.00635. The minimum atomic E-state index is -0.153. The number of pyridine rings is 1. The van der Waals surface area contributed by atoms with Crippen molar-refractivity contribution in [3.8, 4) is 0 Å². The van der Waals surface area contributed by atoms with Crippen LogP contribution < -0.4 is 5.32 Å². The maximum atomic E-state index is 12.6. The molecular weight excluding hydrogens is 272 g/mol. The lowest BCUT2D eigenvalue weighted by Gasteiger charge is -2.16. The molecule has 3 heteroatoms. The van der Waals surface area contributed by atoms with Gasteiger partial charge in [-0.1, -0.05) is 55.5 Å². The molecule has 0 radical (unpaired) electrons. The second kappa shape index (κ2) is 6.39. The number of benzene rings is 2. The molecular formula is C19H18N2O. The first-order valence-electron chi connectivity index (χ1n) is 7.49. The van der Waals surface area contributed by atoms with E-state index in [4.69, 9.17) is 0 Å². The van der Waals surface area contributed by atoms with Crippen molar-refractivity contribution in [1.29, 1.82) is 0 Å². The van der Waals surface area contributed by atoms with Crippen LogP contribution in [0.3, 0.4) is 0 Å². The molecule has 0 aliphatic carbocycles. The van der Waals surface area contributed by atoms with E-state index in [1.807, 2.05) is 67.6 Å². The molecule has 3 nitrogen and oxygen atoms in total. The molecule has 2 aromatic carbocycles. The van der Waals surface area contributed by atoms with Gasteiger partial charge in [0.05, 0.1) is 17.1 Å². The standard InChI is InChI=1S/C19H18N2O/c1-2-16(14-8-4-3-5-9-14)19(22)21-17-12-6-10-15-11-7-13-20-18(15)17/h3-13,16H,2H2,1H3,(H,21,22)/t16-/m1/s1. The van der Waals surface area contributed by atoms with Gasteiger partial charge >= 0.3 is 0 Å². The van der Waals surface area contributed by atoms with Crippen LogP contribution in [0, 0.1) is 0 Å². The number of nitrogens with one attached hydrogen (secondary N) is 1. The van der Waals surface area contributed by atoms with Crippen LogP contribution in [0.5, 0.6) is 0 Å². The van der Waals surface area contributed by atoms with E-state index < -0.39 is 0 Å². The Morgan fingerprint density at radius 2 is 1.82 bits per heavy atom. The van der Waals surface area contributed by atoms with Crippen molar-refractivity contribution in [3.63, 3.8) is 0 Å². The van der Waals surface area contributed by atoms with Crippen LogP contribution in [-0.4, -0.2) is 10.9 Å². The second-order valence-electron chi connectivity index (χ2n) is 5.24. The lowest BCUT2D eigenvalue weighted by atomic mass is 9.95. The number of amides is 1. The number of anilines is 1. The molecule has 1 amide bonds. The Labute approximate surface area is 130 Å². The second-order valence-corrected chi connectivity index (χ2v) is 5.24. The van der Waals surface area contributed by atoms with Crippen molar-refractivity contribution in [1.82, 2.24) is 4.98 Å². The summed E-state index contributed by atoms with van der Waals surface area (Å²) >= 11 is 0. The first-order valence-corrected chi connectivity index (χ1v) is 7.49. The van der Waals surface area contributed by atoms with Crippen molar-refractivity contribution >= 4 is 22.5 Å². The highest BCUT2D eigenvalue weighted by Crippen LogP contribution is 2.25. The Hall–Kier alpha value is -2.68. The predicted octanol–water partition coefficient (Wildman–Crippen LogP) is 4.37. The van der Waals surface area contributed by atoms with E-state index in [1.165, 1.54) is 0 Å². The van der Waals surface area contributed by atoms with E-state index in [2.05, 4.69) is 10.3 Å². The Bertz CT molecular complexity index is 778. The molecule has 1 heterocycles. The molecule has 1 atom stereocenters. The van der Waals surface area contributed by atoms with Gasteiger partial charge in [0.2, 0.25) is 5.91 Å². The summed E-state index contributed by atoms with van der Waals surface area (Å²) in [5.74, 6) is -0.146. The first kappa shape index (κ1) is 14.3. The zero-order valence-corrected chi connectivity index (χ0v) is 12.5. The fraction of sp³-hybridized carbons (Fsp3) is 0.158. The highest BCUT2D eigenvalue weighted by molar-refractivity contribution is 6.02. The SMILES string of the molecule is CC[C@@H](C(=O)Nc1cccc2cccnc12)c1ccccc1. The van der Waals surface area contributed by atoms with E-state index in [1.54, 1.807) is 6.20 Å². The number of nitrogens with zero attached hydrogens (tertiary/aromatic N) is 1. The van der Waals surface area contributed by atoms with Crippen molar-refractivity contribution in [2.75, 3.05) is 5.32 Å². The van der Waals surface area contributed by atoms with Gasteiger partial charge in [-0.15, -0.1) is 0 Å². The Morgan fingerprint density at radius 1 is 1.05 bits per heavy atom. The zero-order valence-electron chi connectivity index (χ0n) is 12.5. The third-order valence-corrected chi connectivity index (χ3v) is 3.82. The molecule has 1 N–H and O–H groups in total. The number of hydrogen-bond donors (Lipinski definition) is 1. The molecule has 110 valence electrons. The molecule has 0 bridgehead atoms. The number of aromatic nitrogens is 1. The number of hydrogen-bond acceptors (Lipinski definition) is 2. The molecule has 0 saturated carbocycles. The molecule has 0 aliphatic rings. The molecule has 1 aromatic heterocycles. The van der Waals surface area contributed by atoms with Gasteiger partial charge in [0.15, 0.2) is 0 Å². The molecule has 0 unspecified atom stereocenters. The van der Waals surface area contributed by atoms with Crippen molar-refractivity contribution in [2.45, 2.75) is 19.3 Å². The summed E-state index contributed by atoms with van der Waals surface area (Å²) in [5, 5.41) is 4.05. The van der Waals surface area contributed by atoms with Crippen LogP contribution in [0.15, 0.2) is 66.9 Å². The fourth-order valence-electron chi connectivity index (χ4n) is 2.68. The maximum Gasteiger partial charge on any atom is 0.231 e. The summed E-state index contributed by atoms with van der Waals surface area (Å²) in [7, 11) is 0. The van der Waals surface area contributed by atoms with Crippen LogP contribution in [0.4, 0.5) is 5.69 Å². The Balaban J connectivity index is 1.89. The molecule has 0 saturated heterocycles. The Morgan fingerprint density at radius 3 is 2.59 bits per heavy atom. The van der Waals surface area contributed by atoms with E-state index >= 15 is 0 Å². The zero-order chi connectivity index (χ0) is 15.4. The lowest BCUT2D eigenvalue weighted by molar-refractivity contribution is -0.117. The molecule has 3 rings (SSSR count). The summed E-state index contributed by atoms with van der Waals surface area (Å²) in [6, 6.07) is 19.6. The van der Waals surface area contributed by atoms with Crippen LogP contribution in [0.25, 0.3) is 10.9 Å². The number of carbonyl (C=O) groups excluding carboxylic acids is 1. The highest BCUT2D eigenvalue weighted by Gasteiger charge is 2.19. The summed E-state index contributed by atoms with van der Waals surface area (Å²) in [6.45, 7) is 2.03. The average Bonchev–Trinajstić information content (AvgIpc) is 2.57. The van der Waals surface area contributed by atoms with E-state index in [0.717, 1.165) is 28.6 Å². The van der Waals surface area contributed by atoms with Gasteiger partial charge in [-0.25, -0.2) is 0 Å². The molecule has 0 aliphatic heterocycles. The normalized spacial score (nSPS) is 12.0. The number of carbonyl (C=O) groups is 1. The van der Waals surface area contributed by atoms with Gasteiger partial charge in [0.1, 0.15) is 0 Å². The summed E-state index contributed by atoms with van der Waals surface area (Å²) < 4.78 is 0. The lowest BCUT2D eigenvalue weighted by Crippen LogP contribution is -2.20. The number of para-hydroxylation sites is 1. The molecule has 3 aromatic rings. The number of fused-ring (bicyclic) bond motifs is 1. The van der Waals surface area contributed by atoms with Crippen LogP contribution in [0.1, 0.15) is 24.8 Å². The van der Waals surface area contributed by atoms with Gasteiger partial charge in [0.25, 0.3) is 0 Å². The predicted molar refractivity (Wildman–Crippen MR) is 89.8 cm³/mol.